The molecule has 2 N–H and O–H groups in total. The minimum atomic E-state index is -4.45. The fraction of sp³-hybridized carbons (Fsp3) is 0.500. The summed E-state index contributed by atoms with van der Waals surface area (Å²) >= 11 is 0. The van der Waals surface area contributed by atoms with Crippen molar-refractivity contribution in [2.75, 3.05) is 27.4 Å². The van der Waals surface area contributed by atoms with Crippen molar-refractivity contribution in [1.82, 2.24) is 0 Å². The van der Waals surface area contributed by atoms with Crippen LogP contribution in [0.3, 0.4) is 0 Å². The van der Waals surface area contributed by atoms with Crippen molar-refractivity contribution in [3.8, 4) is 11.5 Å². The second-order valence-electron chi connectivity index (χ2n) is 3.97. The SMILES string of the molecule is COc1cc(F)c(C(N)COCC(F)(F)F)cc1OC. The Hall–Kier alpha value is -1.54. The molecular formula is C12H15F4NO3. The number of ether oxygens (including phenoxy) is 3. The Bertz CT molecular complexity index is 451. The molecule has 1 aromatic rings. The highest BCUT2D eigenvalue weighted by atomic mass is 19.4. The van der Waals surface area contributed by atoms with Gasteiger partial charge in [-0.05, 0) is 6.07 Å². The minimum Gasteiger partial charge on any atom is -0.493 e. The highest BCUT2D eigenvalue weighted by Gasteiger charge is 2.28. The molecule has 0 aromatic heterocycles. The first-order valence-corrected chi connectivity index (χ1v) is 5.60. The summed E-state index contributed by atoms with van der Waals surface area (Å²) in [5, 5.41) is 0. The van der Waals surface area contributed by atoms with Crippen LogP contribution in [0.2, 0.25) is 0 Å². The zero-order valence-corrected chi connectivity index (χ0v) is 11.0. The van der Waals surface area contributed by atoms with Crippen molar-refractivity contribution in [2.24, 2.45) is 5.73 Å². The lowest BCUT2D eigenvalue weighted by molar-refractivity contribution is -0.174. The van der Waals surface area contributed by atoms with Crippen LogP contribution in [0.1, 0.15) is 11.6 Å². The maximum atomic E-state index is 13.8. The van der Waals surface area contributed by atoms with E-state index in [1.807, 2.05) is 0 Å². The normalized spacial score (nSPS) is 13.2. The Balaban J connectivity index is 2.79. The summed E-state index contributed by atoms with van der Waals surface area (Å²) in [5.74, 6) is -0.307. The average molecular weight is 297 g/mol. The molecule has 0 aliphatic carbocycles. The monoisotopic (exact) mass is 297 g/mol. The van der Waals surface area contributed by atoms with Gasteiger partial charge in [-0.15, -0.1) is 0 Å². The molecule has 20 heavy (non-hydrogen) atoms. The molecule has 0 heterocycles. The van der Waals surface area contributed by atoms with Gasteiger partial charge in [0.2, 0.25) is 0 Å². The number of hydrogen-bond donors (Lipinski definition) is 1. The Labute approximate surface area is 113 Å². The topological polar surface area (TPSA) is 53.7 Å². The third-order valence-corrected chi connectivity index (χ3v) is 2.47. The maximum absolute atomic E-state index is 13.8. The maximum Gasteiger partial charge on any atom is 0.411 e. The lowest BCUT2D eigenvalue weighted by atomic mass is 10.1. The lowest BCUT2D eigenvalue weighted by Gasteiger charge is -2.16. The minimum absolute atomic E-state index is 0.00942. The molecule has 1 atom stereocenters. The predicted molar refractivity (Wildman–Crippen MR) is 63.3 cm³/mol. The number of hydrogen-bond acceptors (Lipinski definition) is 4. The third-order valence-electron chi connectivity index (χ3n) is 2.47. The van der Waals surface area contributed by atoms with Gasteiger partial charge in [-0.2, -0.15) is 13.2 Å². The van der Waals surface area contributed by atoms with E-state index in [1.54, 1.807) is 0 Å². The van der Waals surface area contributed by atoms with Gasteiger partial charge in [-0.3, -0.25) is 0 Å². The molecule has 0 fully saturated rings. The molecule has 114 valence electrons. The molecule has 1 unspecified atom stereocenters. The van der Waals surface area contributed by atoms with Gasteiger partial charge in [0.1, 0.15) is 12.4 Å². The molecule has 1 aromatic carbocycles. The summed E-state index contributed by atoms with van der Waals surface area (Å²) in [6, 6.07) is 1.28. The Morgan fingerprint density at radius 2 is 1.70 bits per heavy atom. The van der Waals surface area contributed by atoms with E-state index in [9.17, 15) is 17.6 Å². The molecule has 8 heteroatoms. The van der Waals surface area contributed by atoms with Gasteiger partial charge >= 0.3 is 6.18 Å². The first-order chi connectivity index (χ1) is 9.28. The molecule has 4 nitrogen and oxygen atoms in total. The fourth-order valence-electron chi connectivity index (χ4n) is 1.55. The number of rotatable bonds is 6. The molecule has 0 saturated heterocycles. The molecule has 0 saturated carbocycles. The van der Waals surface area contributed by atoms with Crippen LogP contribution in [-0.2, 0) is 4.74 Å². The zero-order valence-electron chi connectivity index (χ0n) is 11.0. The third kappa shape index (κ3) is 4.53. The number of alkyl halides is 3. The predicted octanol–water partition coefficient (Wildman–Crippen LogP) is 2.42. The first kappa shape index (κ1) is 16.5. The first-order valence-electron chi connectivity index (χ1n) is 5.60. The van der Waals surface area contributed by atoms with Crippen LogP contribution in [0.5, 0.6) is 11.5 Å². The van der Waals surface area contributed by atoms with Gasteiger partial charge in [-0.1, -0.05) is 0 Å². The van der Waals surface area contributed by atoms with Crippen LogP contribution in [0.4, 0.5) is 17.6 Å². The van der Waals surface area contributed by atoms with Crippen LogP contribution >= 0.6 is 0 Å². The van der Waals surface area contributed by atoms with Crippen LogP contribution < -0.4 is 15.2 Å². The number of nitrogens with two attached hydrogens (primary N) is 1. The van der Waals surface area contributed by atoms with E-state index in [0.29, 0.717) is 0 Å². The summed E-state index contributed by atoms with van der Waals surface area (Å²) in [4.78, 5) is 0. The molecule has 1 rings (SSSR count). The standard InChI is InChI=1S/C12H15F4NO3/c1-18-10-3-7(8(13)4-11(10)19-2)9(17)5-20-6-12(14,15)16/h3-4,9H,5-6,17H2,1-2H3. The molecular weight excluding hydrogens is 282 g/mol. The average Bonchev–Trinajstić information content (AvgIpc) is 2.36. The van der Waals surface area contributed by atoms with Crippen molar-refractivity contribution in [3.05, 3.63) is 23.5 Å². The van der Waals surface area contributed by atoms with E-state index in [1.165, 1.54) is 20.3 Å². The van der Waals surface area contributed by atoms with E-state index >= 15 is 0 Å². The Morgan fingerprint density at radius 1 is 1.15 bits per heavy atom. The van der Waals surface area contributed by atoms with Crippen molar-refractivity contribution >= 4 is 0 Å². The van der Waals surface area contributed by atoms with Crippen LogP contribution in [0.15, 0.2) is 12.1 Å². The molecule has 0 spiro atoms. The second kappa shape index (κ2) is 6.76. The Kier molecular flexibility index (Phi) is 5.58. The summed E-state index contributed by atoms with van der Waals surface area (Å²) in [6.45, 7) is -1.90. The van der Waals surface area contributed by atoms with Gasteiger partial charge in [0, 0.05) is 11.6 Å². The van der Waals surface area contributed by atoms with Gasteiger partial charge in [0.05, 0.1) is 26.9 Å². The quantitative estimate of drug-likeness (QED) is 0.819. The zero-order chi connectivity index (χ0) is 15.3. The second-order valence-corrected chi connectivity index (χ2v) is 3.97. The fourth-order valence-corrected chi connectivity index (χ4v) is 1.55. The summed E-state index contributed by atoms with van der Waals surface area (Å²) in [5.41, 5.74) is 5.60. The summed E-state index contributed by atoms with van der Waals surface area (Å²) < 4.78 is 63.8. The molecule has 0 aliphatic heterocycles. The van der Waals surface area contributed by atoms with Gasteiger partial charge in [0.25, 0.3) is 0 Å². The van der Waals surface area contributed by atoms with E-state index in [2.05, 4.69) is 4.74 Å². The van der Waals surface area contributed by atoms with E-state index in [4.69, 9.17) is 15.2 Å². The van der Waals surface area contributed by atoms with Crippen molar-refractivity contribution in [3.63, 3.8) is 0 Å². The highest BCUT2D eigenvalue weighted by molar-refractivity contribution is 5.44. The lowest BCUT2D eigenvalue weighted by Crippen LogP contribution is -2.24. The smallest absolute Gasteiger partial charge is 0.411 e. The highest BCUT2D eigenvalue weighted by Crippen LogP contribution is 2.32. The van der Waals surface area contributed by atoms with Crippen molar-refractivity contribution in [1.29, 1.82) is 0 Å². The van der Waals surface area contributed by atoms with Crippen LogP contribution in [-0.4, -0.2) is 33.6 Å². The largest absolute Gasteiger partial charge is 0.493 e. The van der Waals surface area contributed by atoms with Crippen LogP contribution in [0, 0.1) is 5.82 Å². The summed E-state index contributed by atoms with van der Waals surface area (Å²) in [7, 11) is 2.69. The number of benzene rings is 1. The van der Waals surface area contributed by atoms with E-state index in [0.717, 1.165) is 6.07 Å². The van der Waals surface area contributed by atoms with Gasteiger partial charge < -0.3 is 19.9 Å². The summed E-state index contributed by atoms with van der Waals surface area (Å²) in [6.07, 6.45) is -4.45. The van der Waals surface area contributed by atoms with Crippen LogP contribution in [0.25, 0.3) is 0 Å². The number of methoxy groups -OCH3 is 2. The molecule has 0 amide bonds. The van der Waals surface area contributed by atoms with Crippen molar-refractivity contribution < 1.29 is 31.8 Å². The molecule has 0 aliphatic rings. The van der Waals surface area contributed by atoms with Crippen molar-refractivity contribution in [2.45, 2.75) is 12.2 Å². The van der Waals surface area contributed by atoms with Gasteiger partial charge in [-0.25, -0.2) is 4.39 Å². The number of halogens is 4. The van der Waals surface area contributed by atoms with E-state index < -0.39 is 31.2 Å². The molecule has 0 bridgehead atoms. The Morgan fingerprint density at radius 3 is 2.20 bits per heavy atom. The van der Waals surface area contributed by atoms with E-state index in [-0.39, 0.29) is 17.1 Å². The molecule has 0 radical (unpaired) electrons. The van der Waals surface area contributed by atoms with Gasteiger partial charge in [0.15, 0.2) is 11.5 Å².